The van der Waals surface area contributed by atoms with Crippen molar-refractivity contribution in [1.29, 1.82) is 0 Å². The van der Waals surface area contributed by atoms with Crippen molar-refractivity contribution < 1.29 is 4.79 Å². The van der Waals surface area contributed by atoms with E-state index < -0.39 is 0 Å². The van der Waals surface area contributed by atoms with Crippen LogP contribution in [0.5, 0.6) is 0 Å². The molecule has 0 radical (unpaired) electrons. The van der Waals surface area contributed by atoms with Crippen LogP contribution in [0.25, 0.3) is 0 Å². The van der Waals surface area contributed by atoms with Crippen molar-refractivity contribution in [3.63, 3.8) is 0 Å². The number of carbonyl (C=O) groups excluding carboxylic acids is 1. The van der Waals surface area contributed by atoms with E-state index in [2.05, 4.69) is 9.88 Å². The molecule has 2 atom stereocenters. The first-order valence-electron chi connectivity index (χ1n) is 6.99. The van der Waals surface area contributed by atoms with Gasteiger partial charge in [0, 0.05) is 26.3 Å². The van der Waals surface area contributed by atoms with E-state index in [-0.39, 0.29) is 5.91 Å². The number of rotatable bonds is 4. The molecule has 4 heteroatoms. The SMILES string of the molecule is Cc1ccc(CN(C)C(=O)CN2CC3CC3C2)nc1. The quantitative estimate of drug-likeness (QED) is 0.818. The molecule has 1 aliphatic carbocycles. The monoisotopic (exact) mass is 259 g/mol. The van der Waals surface area contributed by atoms with E-state index in [0.29, 0.717) is 13.1 Å². The van der Waals surface area contributed by atoms with Crippen LogP contribution in [0.15, 0.2) is 18.3 Å². The van der Waals surface area contributed by atoms with Crippen LogP contribution in [0.2, 0.25) is 0 Å². The zero-order chi connectivity index (χ0) is 13.4. The average Bonchev–Trinajstić information content (AvgIpc) is 2.99. The Bertz CT molecular complexity index is 461. The lowest BCUT2D eigenvalue weighted by atomic mass is 10.2. The zero-order valence-electron chi connectivity index (χ0n) is 11.7. The summed E-state index contributed by atoms with van der Waals surface area (Å²) in [6.45, 7) is 5.42. The minimum absolute atomic E-state index is 0.198. The van der Waals surface area contributed by atoms with Crippen molar-refractivity contribution in [3.8, 4) is 0 Å². The Morgan fingerprint density at radius 1 is 1.42 bits per heavy atom. The van der Waals surface area contributed by atoms with Crippen molar-refractivity contribution in [1.82, 2.24) is 14.8 Å². The fraction of sp³-hybridized carbons (Fsp3) is 0.600. The molecule has 2 fully saturated rings. The van der Waals surface area contributed by atoms with Gasteiger partial charge in [-0.25, -0.2) is 0 Å². The highest BCUT2D eigenvalue weighted by Gasteiger charge is 2.45. The maximum absolute atomic E-state index is 12.1. The van der Waals surface area contributed by atoms with Crippen LogP contribution in [-0.4, -0.2) is 47.4 Å². The first kappa shape index (κ1) is 12.6. The van der Waals surface area contributed by atoms with Gasteiger partial charge in [-0.2, -0.15) is 0 Å². The Balaban J connectivity index is 1.50. The second-order valence-corrected chi connectivity index (χ2v) is 6.03. The first-order valence-corrected chi connectivity index (χ1v) is 6.99. The van der Waals surface area contributed by atoms with Gasteiger partial charge in [-0.3, -0.25) is 14.7 Å². The number of likely N-dealkylation sites (N-methyl/N-ethyl adjacent to an activating group) is 1. The van der Waals surface area contributed by atoms with Gasteiger partial charge in [0.1, 0.15) is 0 Å². The number of amides is 1. The van der Waals surface area contributed by atoms with E-state index >= 15 is 0 Å². The number of aryl methyl sites for hydroxylation is 1. The van der Waals surface area contributed by atoms with E-state index in [1.165, 1.54) is 6.42 Å². The molecule has 1 aromatic heterocycles. The Morgan fingerprint density at radius 2 is 2.16 bits per heavy atom. The van der Waals surface area contributed by atoms with Crippen molar-refractivity contribution >= 4 is 5.91 Å². The summed E-state index contributed by atoms with van der Waals surface area (Å²) in [6, 6.07) is 4.03. The molecule has 1 aliphatic heterocycles. The lowest BCUT2D eigenvalue weighted by Gasteiger charge is -2.22. The normalized spacial score (nSPS) is 25.2. The smallest absolute Gasteiger partial charge is 0.236 e. The lowest BCUT2D eigenvalue weighted by Crippen LogP contribution is -2.37. The second kappa shape index (κ2) is 4.93. The molecular formula is C15H21N3O. The molecule has 4 nitrogen and oxygen atoms in total. The number of carbonyl (C=O) groups is 1. The minimum Gasteiger partial charge on any atom is -0.339 e. The van der Waals surface area contributed by atoms with Gasteiger partial charge in [0.25, 0.3) is 0 Å². The summed E-state index contributed by atoms with van der Waals surface area (Å²) >= 11 is 0. The van der Waals surface area contributed by atoms with E-state index in [0.717, 1.165) is 36.2 Å². The molecule has 0 bridgehead atoms. The molecule has 102 valence electrons. The molecule has 0 spiro atoms. The van der Waals surface area contributed by atoms with Gasteiger partial charge in [-0.15, -0.1) is 0 Å². The summed E-state index contributed by atoms with van der Waals surface area (Å²) in [5.74, 6) is 1.97. The van der Waals surface area contributed by atoms with E-state index in [4.69, 9.17) is 0 Å². The van der Waals surface area contributed by atoms with Gasteiger partial charge < -0.3 is 4.90 Å². The first-order chi connectivity index (χ1) is 9.11. The number of pyridine rings is 1. The third kappa shape index (κ3) is 2.95. The van der Waals surface area contributed by atoms with Gasteiger partial charge in [0.15, 0.2) is 0 Å². The Labute approximate surface area is 114 Å². The van der Waals surface area contributed by atoms with Crippen LogP contribution >= 0.6 is 0 Å². The Hall–Kier alpha value is -1.42. The predicted molar refractivity (Wildman–Crippen MR) is 73.5 cm³/mol. The van der Waals surface area contributed by atoms with E-state index in [1.54, 1.807) is 4.90 Å². The predicted octanol–water partition coefficient (Wildman–Crippen LogP) is 1.30. The Kier molecular flexibility index (Phi) is 3.27. The number of piperidine rings is 1. The fourth-order valence-electron chi connectivity index (χ4n) is 2.86. The van der Waals surface area contributed by atoms with Crippen LogP contribution in [0.3, 0.4) is 0 Å². The fourth-order valence-corrected chi connectivity index (χ4v) is 2.86. The highest BCUT2D eigenvalue weighted by atomic mass is 16.2. The largest absolute Gasteiger partial charge is 0.339 e. The molecule has 2 heterocycles. The summed E-state index contributed by atoms with van der Waals surface area (Å²) in [6.07, 6.45) is 3.23. The Morgan fingerprint density at radius 3 is 2.79 bits per heavy atom. The van der Waals surface area contributed by atoms with Crippen molar-refractivity contribution in [2.45, 2.75) is 19.9 Å². The molecule has 1 saturated carbocycles. The molecule has 1 saturated heterocycles. The van der Waals surface area contributed by atoms with Gasteiger partial charge >= 0.3 is 0 Å². The molecule has 3 rings (SSSR count). The zero-order valence-corrected chi connectivity index (χ0v) is 11.7. The third-order valence-corrected chi connectivity index (χ3v) is 4.21. The average molecular weight is 259 g/mol. The third-order valence-electron chi connectivity index (χ3n) is 4.21. The van der Waals surface area contributed by atoms with Crippen LogP contribution in [-0.2, 0) is 11.3 Å². The van der Waals surface area contributed by atoms with E-state index in [1.807, 2.05) is 32.3 Å². The van der Waals surface area contributed by atoms with Crippen molar-refractivity contribution in [3.05, 3.63) is 29.6 Å². The van der Waals surface area contributed by atoms with Gasteiger partial charge in [-0.1, -0.05) is 6.07 Å². The highest BCUT2D eigenvalue weighted by Crippen LogP contribution is 2.44. The standard InChI is InChI=1S/C15H21N3O/c1-11-3-4-14(16-6-11)9-17(2)15(19)10-18-7-12-5-13(12)8-18/h3-4,6,12-13H,5,7-10H2,1-2H3. The highest BCUT2D eigenvalue weighted by molar-refractivity contribution is 5.78. The summed E-state index contributed by atoms with van der Waals surface area (Å²) < 4.78 is 0. The second-order valence-electron chi connectivity index (χ2n) is 6.03. The van der Waals surface area contributed by atoms with Crippen LogP contribution < -0.4 is 0 Å². The molecule has 1 amide bonds. The van der Waals surface area contributed by atoms with Crippen LogP contribution in [0, 0.1) is 18.8 Å². The minimum atomic E-state index is 0.198. The van der Waals surface area contributed by atoms with Crippen LogP contribution in [0.1, 0.15) is 17.7 Å². The lowest BCUT2D eigenvalue weighted by molar-refractivity contribution is -0.131. The molecule has 2 unspecified atom stereocenters. The van der Waals surface area contributed by atoms with Crippen molar-refractivity contribution in [2.75, 3.05) is 26.7 Å². The summed E-state index contributed by atoms with van der Waals surface area (Å²) in [4.78, 5) is 20.6. The molecule has 0 N–H and O–H groups in total. The molecular weight excluding hydrogens is 238 g/mol. The number of likely N-dealkylation sites (tertiary alicyclic amines) is 1. The maximum atomic E-state index is 12.1. The number of aromatic nitrogens is 1. The molecule has 2 aliphatic rings. The molecule has 1 aromatic rings. The number of nitrogens with zero attached hydrogens (tertiary/aromatic N) is 3. The topological polar surface area (TPSA) is 36.4 Å². The molecule has 19 heavy (non-hydrogen) atoms. The van der Waals surface area contributed by atoms with Gasteiger partial charge in [-0.05, 0) is 36.8 Å². The molecule has 0 aromatic carbocycles. The number of fused-ring (bicyclic) bond motifs is 1. The maximum Gasteiger partial charge on any atom is 0.236 e. The van der Waals surface area contributed by atoms with E-state index in [9.17, 15) is 4.79 Å². The van der Waals surface area contributed by atoms with Crippen LogP contribution in [0.4, 0.5) is 0 Å². The summed E-state index contributed by atoms with van der Waals surface area (Å²) in [5.41, 5.74) is 2.10. The number of hydrogen-bond acceptors (Lipinski definition) is 3. The number of hydrogen-bond donors (Lipinski definition) is 0. The van der Waals surface area contributed by atoms with Gasteiger partial charge in [0.2, 0.25) is 5.91 Å². The summed E-state index contributed by atoms with van der Waals surface area (Å²) in [7, 11) is 1.86. The van der Waals surface area contributed by atoms with Crippen molar-refractivity contribution in [2.24, 2.45) is 11.8 Å². The van der Waals surface area contributed by atoms with Gasteiger partial charge in [0.05, 0.1) is 18.8 Å². The summed E-state index contributed by atoms with van der Waals surface area (Å²) in [5, 5.41) is 0.